The van der Waals surface area contributed by atoms with Crippen LogP contribution >= 0.6 is 0 Å². The SMILES string of the molecule is C[C@@H](CCO[Si](c1ccccc1)(c1ccccc1)C(C)(C)C)C[C@@H](C)[C@H](O[Si](C)(C)C(C)(C)C)[C@H](C)CO. The Kier molecular flexibility index (Phi) is 11.6. The van der Waals surface area contributed by atoms with E-state index in [2.05, 4.69) is 136 Å². The lowest BCUT2D eigenvalue weighted by molar-refractivity contribution is 0.0368. The van der Waals surface area contributed by atoms with Gasteiger partial charge in [-0.05, 0) is 58.2 Å². The first-order valence-corrected chi connectivity index (χ1v) is 19.4. The fourth-order valence-corrected chi connectivity index (χ4v) is 11.6. The van der Waals surface area contributed by atoms with Gasteiger partial charge < -0.3 is 14.0 Å². The third kappa shape index (κ3) is 7.91. The van der Waals surface area contributed by atoms with E-state index in [1.165, 1.54) is 10.4 Å². The van der Waals surface area contributed by atoms with Gasteiger partial charge in [0.05, 0.1) is 6.10 Å². The number of hydrogen-bond donors (Lipinski definition) is 1. The maximum Gasteiger partial charge on any atom is 0.261 e. The number of hydrogen-bond acceptors (Lipinski definition) is 3. The predicted molar refractivity (Wildman–Crippen MR) is 169 cm³/mol. The van der Waals surface area contributed by atoms with E-state index in [4.69, 9.17) is 8.85 Å². The molecule has 2 aromatic rings. The van der Waals surface area contributed by atoms with Gasteiger partial charge in [0.15, 0.2) is 8.32 Å². The van der Waals surface area contributed by atoms with Gasteiger partial charge in [-0.15, -0.1) is 0 Å². The molecule has 1 N–H and O–H groups in total. The highest BCUT2D eigenvalue weighted by Gasteiger charge is 2.50. The van der Waals surface area contributed by atoms with Crippen LogP contribution in [0.3, 0.4) is 0 Å². The standard InChI is InChI=1S/C33H56O3Si2/c1-26(24-27(2)31(28(3)25-34)36-37(10,11)32(4,5)6)22-23-35-38(33(7,8)9,29-18-14-12-15-19-29)30-20-16-13-17-21-30/h12-21,26-28,31,34H,22-25H2,1-11H3/t26-,27+,28+,31-/m0/s1. The Hall–Kier alpha value is -1.25. The summed E-state index contributed by atoms with van der Waals surface area (Å²) < 4.78 is 14.0. The van der Waals surface area contributed by atoms with E-state index in [1.807, 2.05) is 0 Å². The minimum atomic E-state index is -2.51. The van der Waals surface area contributed by atoms with Crippen molar-refractivity contribution < 1.29 is 14.0 Å². The van der Waals surface area contributed by atoms with Crippen LogP contribution in [-0.2, 0) is 8.85 Å². The Balaban J connectivity index is 2.20. The Morgan fingerprint density at radius 2 is 1.21 bits per heavy atom. The summed E-state index contributed by atoms with van der Waals surface area (Å²) in [4.78, 5) is 0. The molecule has 0 saturated heterocycles. The Bertz CT molecular complexity index is 908. The van der Waals surface area contributed by atoms with E-state index in [-0.39, 0.29) is 28.7 Å². The van der Waals surface area contributed by atoms with Crippen LogP contribution in [-0.4, -0.2) is 41.1 Å². The summed E-state index contributed by atoms with van der Waals surface area (Å²) in [6.45, 7) is 26.2. The summed E-state index contributed by atoms with van der Waals surface area (Å²) in [6, 6.07) is 21.8. The zero-order chi connectivity index (χ0) is 28.8. The molecule has 5 heteroatoms. The first-order valence-electron chi connectivity index (χ1n) is 14.6. The topological polar surface area (TPSA) is 38.7 Å². The van der Waals surface area contributed by atoms with Crippen LogP contribution in [0.15, 0.2) is 60.7 Å². The minimum absolute atomic E-state index is 0.00903. The molecule has 0 saturated carbocycles. The summed E-state index contributed by atoms with van der Waals surface area (Å²) >= 11 is 0. The summed E-state index contributed by atoms with van der Waals surface area (Å²) in [5.74, 6) is 0.994. The lowest BCUT2D eigenvalue weighted by Gasteiger charge is -2.43. The van der Waals surface area contributed by atoms with Crippen LogP contribution < -0.4 is 10.4 Å². The summed E-state index contributed by atoms with van der Waals surface area (Å²) in [5.41, 5.74) is 0. The Morgan fingerprint density at radius 3 is 1.61 bits per heavy atom. The van der Waals surface area contributed by atoms with E-state index in [0.29, 0.717) is 11.8 Å². The van der Waals surface area contributed by atoms with Gasteiger partial charge in [-0.3, -0.25) is 0 Å². The molecule has 38 heavy (non-hydrogen) atoms. The van der Waals surface area contributed by atoms with Crippen molar-refractivity contribution >= 4 is 27.0 Å². The van der Waals surface area contributed by atoms with Gasteiger partial charge in [-0.2, -0.15) is 0 Å². The van der Waals surface area contributed by atoms with Gasteiger partial charge in [0.1, 0.15) is 0 Å². The molecular formula is C33H56O3Si2. The van der Waals surface area contributed by atoms with Crippen LogP contribution in [0.1, 0.15) is 75.2 Å². The maximum atomic E-state index is 10.0. The number of rotatable bonds is 13. The lowest BCUT2D eigenvalue weighted by atomic mass is 9.86. The highest BCUT2D eigenvalue weighted by Crippen LogP contribution is 2.40. The van der Waals surface area contributed by atoms with E-state index in [1.54, 1.807) is 0 Å². The average molecular weight is 557 g/mol. The van der Waals surface area contributed by atoms with Crippen molar-refractivity contribution in [2.24, 2.45) is 17.8 Å². The number of aliphatic hydroxyl groups excluding tert-OH is 1. The average Bonchev–Trinajstić information content (AvgIpc) is 2.84. The van der Waals surface area contributed by atoms with Crippen LogP contribution in [0.2, 0.25) is 23.2 Å². The van der Waals surface area contributed by atoms with Gasteiger partial charge in [-0.1, -0.05) is 123 Å². The van der Waals surface area contributed by atoms with Crippen molar-refractivity contribution in [2.45, 2.75) is 104 Å². The monoisotopic (exact) mass is 556 g/mol. The third-order valence-electron chi connectivity index (χ3n) is 8.77. The smallest absolute Gasteiger partial charge is 0.261 e. The van der Waals surface area contributed by atoms with Gasteiger partial charge >= 0.3 is 0 Å². The summed E-state index contributed by atoms with van der Waals surface area (Å²) in [5, 5.41) is 12.8. The molecule has 0 spiro atoms. The fourth-order valence-electron chi connectivity index (χ4n) is 5.48. The van der Waals surface area contributed by atoms with Gasteiger partial charge in [-0.25, -0.2) is 0 Å². The normalized spacial score (nSPS) is 16.6. The second-order valence-electron chi connectivity index (χ2n) is 14.1. The fraction of sp³-hybridized carbons (Fsp3) is 0.636. The highest BCUT2D eigenvalue weighted by atomic mass is 28.4. The number of aliphatic hydroxyl groups is 1. The molecule has 4 atom stereocenters. The van der Waals surface area contributed by atoms with Crippen molar-refractivity contribution in [1.29, 1.82) is 0 Å². The van der Waals surface area contributed by atoms with Crippen LogP contribution in [0, 0.1) is 17.8 Å². The molecule has 0 heterocycles. The van der Waals surface area contributed by atoms with Gasteiger partial charge in [0.2, 0.25) is 0 Å². The molecule has 0 aliphatic carbocycles. The lowest BCUT2D eigenvalue weighted by Crippen LogP contribution is -2.66. The zero-order valence-corrected chi connectivity index (χ0v) is 28.2. The molecule has 2 rings (SSSR count). The molecule has 0 aliphatic rings. The maximum absolute atomic E-state index is 10.0. The van der Waals surface area contributed by atoms with Crippen LogP contribution in [0.25, 0.3) is 0 Å². The van der Waals surface area contributed by atoms with Crippen molar-refractivity contribution in [3.8, 4) is 0 Å². The molecule has 0 unspecified atom stereocenters. The van der Waals surface area contributed by atoms with E-state index < -0.39 is 16.6 Å². The molecule has 0 fully saturated rings. The molecule has 3 nitrogen and oxygen atoms in total. The van der Waals surface area contributed by atoms with Crippen LogP contribution in [0.4, 0.5) is 0 Å². The first-order chi connectivity index (χ1) is 17.6. The highest BCUT2D eigenvalue weighted by molar-refractivity contribution is 6.99. The Morgan fingerprint density at radius 1 is 0.737 bits per heavy atom. The van der Waals surface area contributed by atoms with Crippen molar-refractivity contribution in [3.63, 3.8) is 0 Å². The van der Waals surface area contributed by atoms with Crippen molar-refractivity contribution in [2.75, 3.05) is 13.2 Å². The molecule has 0 aromatic heterocycles. The van der Waals surface area contributed by atoms with E-state index in [0.717, 1.165) is 19.4 Å². The zero-order valence-electron chi connectivity index (χ0n) is 26.2. The first kappa shape index (κ1) is 33.0. The quantitative estimate of drug-likeness (QED) is 0.258. The largest absolute Gasteiger partial charge is 0.413 e. The van der Waals surface area contributed by atoms with Crippen molar-refractivity contribution in [1.82, 2.24) is 0 Å². The third-order valence-corrected chi connectivity index (χ3v) is 18.3. The minimum Gasteiger partial charge on any atom is -0.413 e. The van der Waals surface area contributed by atoms with E-state index in [9.17, 15) is 5.11 Å². The molecular weight excluding hydrogens is 501 g/mol. The van der Waals surface area contributed by atoms with E-state index >= 15 is 0 Å². The molecule has 0 bridgehead atoms. The molecule has 214 valence electrons. The Labute approximate surface area is 236 Å². The molecule has 0 radical (unpaired) electrons. The van der Waals surface area contributed by atoms with Crippen LogP contribution in [0.5, 0.6) is 0 Å². The van der Waals surface area contributed by atoms with Gasteiger partial charge in [0.25, 0.3) is 8.32 Å². The van der Waals surface area contributed by atoms with Gasteiger partial charge in [0, 0.05) is 19.1 Å². The summed E-state index contributed by atoms with van der Waals surface area (Å²) in [6.07, 6.45) is 2.14. The number of benzene rings is 2. The summed E-state index contributed by atoms with van der Waals surface area (Å²) in [7, 11) is -4.44. The molecule has 0 amide bonds. The van der Waals surface area contributed by atoms with Crippen molar-refractivity contribution in [3.05, 3.63) is 60.7 Å². The predicted octanol–water partition coefficient (Wildman–Crippen LogP) is 7.63. The second kappa shape index (κ2) is 13.4. The molecule has 2 aromatic carbocycles. The molecule has 0 aliphatic heterocycles. The second-order valence-corrected chi connectivity index (χ2v) is 23.2.